The highest BCUT2D eigenvalue weighted by atomic mass is 35.5. The molecule has 0 atom stereocenters. The predicted octanol–water partition coefficient (Wildman–Crippen LogP) is 6.38. The average Bonchev–Trinajstić information content (AvgIpc) is 3.19. The lowest BCUT2D eigenvalue weighted by Crippen LogP contribution is -1.95. The summed E-state index contributed by atoms with van der Waals surface area (Å²) in [5, 5.41) is 4.55. The van der Waals surface area contributed by atoms with Gasteiger partial charge in [-0.05, 0) is 61.5 Å². The van der Waals surface area contributed by atoms with Crippen LogP contribution in [0.4, 0.5) is 11.4 Å². The maximum absolute atomic E-state index is 5.87. The average molecular weight is 403 g/mol. The van der Waals surface area contributed by atoms with Gasteiger partial charge in [0.1, 0.15) is 23.3 Å². The fourth-order valence-electron chi connectivity index (χ4n) is 3.36. The number of hydrogen-bond donors (Lipinski definition) is 2. The van der Waals surface area contributed by atoms with E-state index in [0.717, 1.165) is 50.5 Å². The maximum atomic E-state index is 5.87. The third kappa shape index (κ3) is 3.73. The molecular weight excluding hydrogens is 384 g/mol. The lowest BCUT2D eigenvalue weighted by molar-refractivity contribution is 0.483. The topological polar surface area (TPSA) is 62.8 Å². The van der Waals surface area contributed by atoms with E-state index in [1.807, 2.05) is 73.7 Å². The Labute approximate surface area is 174 Å². The molecule has 0 aliphatic carbocycles. The van der Waals surface area contributed by atoms with Crippen molar-refractivity contribution >= 4 is 45.7 Å². The van der Waals surface area contributed by atoms with Crippen LogP contribution in [0.15, 0.2) is 79.1 Å². The molecule has 0 aliphatic heterocycles. The number of benzene rings is 3. The Kier molecular flexibility index (Phi) is 5.06. The van der Waals surface area contributed by atoms with E-state index >= 15 is 0 Å². The molecule has 0 amide bonds. The van der Waals surface area contributed by atoms with Gasteiger partial charge in [-0.25, -0.2) is 9.97 Å². The summed E-state index contributed by atoms with van der Waals surface area (Å²) in [6, 6.07) is 23.8. The predicted molar refractivity (Wildman–Crippen MR) is 120 cm³/mol. The van der Waals surface area contributed by atoms with Crippen LogP contribution < -0.4 is 10.1 Å². The first-order chi connectivity index (χ1) is 13.8. The molecule has 0 bridgehead atoms. The first-order valence-corrected chi connectivity index (χ1v) is 9.09. The van der Waals surface area contributed by atoms with Crippen LogP contribution >= 0.6 is 12.4 Å². The Balaban J connectivity index is 0.00000205. The molecule has 2 heterocycles. The van der Waals surface area contributed by atoms with Gasteiger partial charge in [0, 0.05) is 22.3 Å². The summed E-state index contributed by atoms with van der Waals surface area (Å²) in [6.45, 7) is 2.04. The Morgan fingerprint density at radius 1 is 0.862 bits per heavy atom. The van der Waals surface area contributed by atoms with Crippen LogP contribution in [0, 0.1) is 6.92 Å². The van der Waals surface area contributed by atoms with Gasteiger partial charge in [0.05, 0.1) is 11.2 Å². The second-order valence-corrected chi connectivity index (χ2v) is 6.66. The molecule has 5 nitrogen and oxygen atoms in total. The Morgan fingerprint density at radius 2 is 1.62 bits per heavy atom. The lowest BCUT2D eigenvalue weighted by atomic mass is 10.1. The molecule has 0 spiro atoms. The van der Waals surface area contributed by atoms with Crippen LogP contribution in [-0.4, -0.2) is 15.0 Å². The van der Waals surface area contributed by atoms with Gasteiger partial charge in [-0.1, -0.05) is 18.2 Å². The molecule has 2 N–H and O–H groups in total. The molecule has 0 unspecified atom stereocenters. The van der Waals surface area contributed by atoms with Crippen molar-refractivity contribution in [3.05, 3.63) is 84.8 Å². The number of H-pyrrole nitrogens is 1. The van der Waals surface area contributed by atoms with Gasteiger partial charge < -0.3 is 15.0 Å². The Hall–Kier alpha value is -3.57. The highest BCUT2D eigenvalue weighted by molar-refractivity contribution is 6.10. The Bertz CT molecular complexity index is 1270. The summed E-state index contributed by atoms with van der Waals surface area (Å²) in [7, 11) is 0. The zero-order valence-corrected chi connectivity index (χ0v) is 16.5. The van der Waals surface area contributed by atoms with E-state index in [9.17, 15) is 0 Å². The molecule has 0 fully saturated rings. The van der Waals surface area contributed by atoms with E-state index in [2.05, 4.69) is 26.3 Å². The molecule has 3 aromatic carbocycles. The number of para-hydroxylation sites is 1. The third-order valence-corrected chi connectivity index (χ3v) is 4.61. The van der Waals surface area contributed by atoms with Crippen molar-refractivity contribution in [2.45, 2.75) is 6.92 Å². The van der Waals surface area contributed by atoms with E-state index in [1.54, 1.807) is 6.33 Å². The minimum atomic E-state index is 0. The molecule has 5 rings (SSSR count). The number of halogens is 1. The van der Waals surface area contributed by atoms with E-state index < -0.39 is 0 Å². The van der Waals surface area contributed by atoms with Gasteiger partial charge in [0.25, 0.3) is 0 Å². The van der Waals surface area contributed by atoms with Crippen molar-refractivity contribution in [2.75, 3.05) is 5.32 Å². The van der Waals surface area contributed by atoms with Gasteiger partial charge in [-0.2, -0.15) is 0 Å². The van der Waals surface area contributed by atoms with Crippen LogP contribution in [0.3, 0.4) is 0 Å². The third-order valence-electron chi connectivity index (χ3n) is 4.61. The zero-order chi connectivity index (χ0) is 18.9. The number of nitrogens with zero attached hydrogens (tertiary/aromatic N) is 2. The van der Waals surface area contributed by atoms with Crippen molar-refractivity contribution in [3.63, 3.8) is 0 Å². The smallest absolute Gasteiger partial charge is 0.127 e. The summed E-state index contributed by atoms with van der Waals surface area (Å²) >= 11 is 0. The molecule has 6 heteroatoms. The minimum Gasteiger partial charge on any atom is -0.457 e. The van der Waals surface area contributed by atoms with Crippen molar-refractivity contribution in [3.8, 4) is 11.5 Å². The second-order valence-electron chi connectivity index (χ2n) is 6.66. The number of aromatic amines is 1. The van der Waals surface area contributed by atoms with Crippen LogP contribution in [0.25, 0.3) is 21.9 Å². The number of pyridine rings is 1. The lowest BCUT2D eigenvalue weighted by Gasteiger charge is -2.13. The van der Waals surface area contributed by atoms with Crippen molar-refractivity contribution in [1.82, 2.24) is 15.0 Å². The number of imidazole rings is 1. The minimum absolute atomic E-state index is 0. The van der Waals surface area contributed by atoms with Crippen LogP contribution in [0.5, 0.6) is 11.5 Å². The van der Waals surface area contributed by atoms with Gasteiger partial charge >= 0.3 is 0 Å². The molecule has 0 radical (unpaired) electrons. The summed E-state index contributed by atoms with van der Waals surface area (Å²) in [6.07, 6.45) is 1.60. The molecule has 2 aromatic heterocycles. The van der Waals surface area contributed by atoms with Gasteiger partial charge in [0.15, 0.2) is 0 Å². The number of aromatic nitrogens is 3. The Morgan fingerprint density at radius 3 is 2.41 bits per heavy atom. The summed E-state index contributed by atoms with van der Waals surface area (Å²) in [5.41, 5.74) is 5.84. The fraction of sp³-hybridized carbons (Fsp3) is 0.0435. The largest absolute Gasteiger partial charge is 0.457 e. The number of rotatable bonds is 4. The molecule has 144 valence electrons. The highest BCUT2D eigenvalue weighted by Crippen LogP contribution is 2.32. The highest BCUT2D eigenvalue weighted by Gasteiger charge is 2.10. The van der Waals surface area contributed by atoms with E-state index in [1.165, 1.54) is 0 Å². The van der Waals surface area contributed by atoms with Crippen molar-refractivity contribution in [2.24, 2.45) is 0 Å². The number of fused-ring (bicyclic) bond motifs is 3. The van der Waals surface area contributed by atoms with E-state index in [0.29, 0.717) is 0 Å². The van der Waals surface area contributed by atoms with Gasteiger partial charge in [-0.15, -0.1) is 12.4 Å². The van der Waals surface area contributed by atoms with Crippen molar-refractivity contribution in [1.29, 1.82) is 0 Å². The normalized spacial score (nSPS) is 10.7. The zero-order valence-electron chi connectivity index (χ0n) is 15.7. The molecule has 29 heavy (non-hydrogen) atoms. The molecular formula is C23H19ClN4O. The SMILES string of the molecule is Cc1cc(Nc2ccc(Oc3ccccc3)cc2)c2c(ccc3ncnc32)[nH]1.Cl. The van der Waals surface area contributed by atoms with Crippen LogP contribution in [0.1, 0.15) is 5.69 Å². The van der Waals surface area contributed by atoms with Crippen molar-refractivity contribution < 1.29 is 4.74 Å². The number of ether oxygens (including phenoxy) is 1. The van der Waals surface area contributed by atoms with Crippen LogP contribution in [0.2, 0.25) is 0 Å². The second kappa shape index (κ2) is 7.81. The van der Waals surface area contributed by atoms with E-state index in [4.69, 9.17) is 4.74 Å². The first-order valence-electron chi connectivity index (χ1n) is 9.09. The maximum Gasteiger partial charge on any atom is 0.127 e. The fourth-order valence-corrected chi connectivity index (χ4v) is 3.36. The van der Waals surface area contributed by atoms with Crippen LogP contribution in [-0.2, 0) is 0 Å². The summed E-state index contributed by atoms with van der Waals surface area (Å²) in [4.78, 5) is 12.2. The number of aryl methyl sites for hydroxylation is 1. The van der Waals surface area contributed by atoms with E-state index in [-0.39, 0.29) is 12.4 Å². The first kappa shape index (κ1) is 18.8. The molecule has 0 saturated carbocycles. The number of anilines is 2. The van der Waals surface area contributed by atoms with Gasteiger partial charge in [-0.3, -0.25) is 0 Å². The quantitative estimate of drug-likeness (QED) is 0.366. The summed E-state index contributed by atoms with van der Waals surface area (Å²) < 4.78 is 5.87. The molecule has 0 aliphatic rings. The molecule has 5 aromatic rings. The standard InChI is InChI=1S/C23H18N4O.ClH/c1-15-13-21(22-19(26-15)11-12-20-23(22)25-14-24-20)27-16-7-9-18(10-8-16)28-17-5-3-2-4-6-17;/h2-14,26-27H,1H3;1H. The monoisotopic (exact) mass is 402 g/mol. The number of nitrogens with one attached hydrogen (secondary N) is 2. The molecule has 0 saturated heterocycles. The summed E-state index contributed by atoms with van der Waals surface area (Å²) in [5.74, 6) is 1.61. The number of hydrogen-bond acceptors (Lipinski definition) is 4. The van der Waals surface area contributed by atoms with Gasteiger partial charge in [0.2, 0.25) is 0 Å².